The van der Waals surface area contributed by atoms with Gasteiger partial charge in [-0.3, -0.25) is 4.68 Å². The first-order valence-electron chi connectivity index (χ1n) is 4.39. The molecule has 4 nitrogen and oxygen atoms in total. The van der Waals surface area contributed by atoms with E-state index in [1.807, 2.05) is 13.2 Å². The largest absolute Gasteiger partial charge is 0.362 e. The van der Waals surface area contributed by atoms with Gasteiger partial charge in [-0.1, -0.05) is 5.21 Å². The van der Waals surface area contributed by atoms with Gasteiger partial charge in [0.15, 0.2) is 5.82 Å². The molecule has 0 aromatic carbocycles. The zero-order chi connectivity index (χ0) is 9.97. The Hall–Kier alpha value is -1.36. The molecule has 2 aromatic rings. The Labute approximate surface area is 86.6 Å². The van der Waals surface area contributed by atoms with E-state index < -0.39 is 0 Å². The van der Waals surface area contributed by atoms with Crippen LogP contribution in [0.15, 0.2) is 18.3 Å². The second-order valence-corrected chi connectivity index (χ2v) is 4.52. The number of rotatable bonds is 3. The third-order valence-corrected chi connectivity index (χ3v) is 2.84. The van der Waals surface area contributed by atoms with Gasteiger partial charge in [0.1, 0.15) is 0 Å². The van der Waals surface area contributed by atoms with Gasteiger partial charge in [-0.2, -0.15) is 0 Å². The number of thiophene rings is 1. The van der Waals surface area contributed by atoms with Gasteiger partial charge in [0.25, 0.3) is 0 Å². The van der Waals surface area contributed by atoms with Crippen LogP contribution < -0.4 is 5.32 Å². The number of hydrogen-bond acceptors (Lipinski definition) is 4. The van der Waals surface area contributed by atoms with E-state index in [4.69, 9.17) is 0 Å². The van der Waals surface area contributed by atoms with Crippen LogP contribution in [0.4, 0.5) is 5.82 Å². The van der Waals surface area contributed by atoms with Crippen molar-refractivity contribution in [2.75, 3.05) is 5.32 Å². The number of nitrogens with zero attached hydrogens (tertiary/aromatic N) is 3. The van der Waals surface area contributed by atoms with Crippen molar-refractivity contribution in [2.45, 2.75) is 13.5 Å². The molecule has 74 valence electrons. The van der Waals surface area contributed by atoms with E-state index in [2.05, 4.69) is 34.7 Å². The van der Waals surface area contributed by atoms with Crippen LogP contribution >= 0.6 is 11.3 Å². The smallest absolute Gasteiger partial charge is 0.168 e. The second kappa shape index (κ2) is 3.79. The monoisotopic (exact) mass is 208 g/mol. The van der Waals surface area contributed by atoms with Crippen molar-refractivity contribution in [3.8, 4) is 0 Å². The van der Waals surface area contributed by atoms with E-state index in [9.17, 15) is 0 Å². The SMILES string of the molecule is Cc1ccc(CNc2cn(C)nn2)s1. The first-order chi connectivity index (χ1) is 6.74. The van der Waals surface area contributed by atoms with E-state index in [-0.39, 0.29) is 0 Å². The minimum atomic E-state index is 0.817. The molecule has 0 spiro atoms. The molecule has 2 heterocycles. The maximum Gasteiger partial charge on any atom is 0.168 e. The fourth-order valence-corrected chi connectivity index (χ4v) is 2.02. The summed E-state index contributed by atoms with van der Waals surface area (Å²) in [6, 6.07) is 4.25. The molecule has 2 rings (SSSR count). The summed E-state index contributed by atoms with van der Waals surface area (Å²) in [6.45, 7) is 2.92. The Morgan fingerprint density at radius 3 is 2.93 bits per heavy atom. The zero-order valence-electron chi connectivity index (χ0n) is 8.19. The summed E-state index contributed by atoms with van der Waals surface area (Å²) in [6.07, 6.45) is 1.86. The molecule has 0 aliphatic carbocycles. The lowest BCUT2D eigenvalue weighted by atomic mass is 10.4. The van der Waals surface area contributed by atoms with Crippen molar-refractivity contribution in [3.63, 3.8) is 0 Å². The molecule has 0 aliphatic heterocycles. The Balaban J connectivity index is 1.94. The summed E-state index contributed by atoms with van der Waals surface area (Å²) >= 11 is 1.80. The van der Waals surface area contributed by atoms with Crippen LogP contribution in [0, 0.1) is 6.92 Å². The van der Waals surface area contributed by atoms with Gasteiger partial charge < -0.3 is 5.32 Å². The second-order valence-electron chi connectivity index (χ2n) is 3.14. The van der Waals surface area contributed by atoms with Crippen molar-refractivity contribution in [1.82, 2.24) is 15.0 Å². The van der Waals surface area contributed by atoms with E-state index in [0.717, 1.165) is 12.4 Å². The molecule has 0 amide bonds. The Morgan fingerprint density at radius 2 is 2.36 bits per heavy atom. The van der Waals surface area contributed by atoms with Gasteiger partial charge in [-0.25, -0.2) is 0 Å². The van der Waals surface area contributed by atoms with Gasteiger partial charge in [0, 0.05) is 16.8 Å². The molecule has 14 heavy (non-hydrogen) atoms. The lowest BCUT2D eigenvalue weighted by molar-refractivity contribution is 0.715. The molecule has 0 radical (unpaired) electrons. The van der Waals surface area contributed by atoms with Gasteiger partial charge in [0.05, 0.1) is 12.7 Å². The minimum absolute atomic E-state index is 0.817. The molecule has 0 saturated carbocycles. The summed E-state index contributed by atoms with van der Waals surface area (Å²) in [5, 5.41) is 11.0. The van der Waals surface area contributed by atoms with Crippen LogP contribution in [0.2, 0.25) is 0 Å². The molecule has 0 unspecified atom stereocenters. The first-order valence-corrected chi connectivity index (χ1v) is 5.21. The number of hydrogen-bond donors (Lipinski definition) is 1. The van der Waals surface area contributed by atoms with Crippen LogP contribution in [0.5, 0.6) is 0 Å². The minimum Gasteiger partial charge on any atom is -0.362 e. The molecule has 0 saturated heterocycles. The summed E-state index contributed by atoms with van der Waals surface area (Å²) in [7, 11) is 1.85. The summed E-state index contributed by atoms with van der Waals surface area (Å²) < 4.78 is 1.68. The highest BCUT2D eigenvalue weighted by Gasteiger charge is 1.99. The van der Waals surface area contributed by atoms with E-state index >= 15 is 0 Å². The van der Waals surface area contributed by atoms with Gasteiger partial charge in [0.2, 0.25) is 0 Å². The average Bonchev–Trinajstić information content (AvgIpc) is 2.72. The molecule has 0 fully saturated rings. The summed E-state index contributed by atoms with van der Waals surface area (Å²) in [4.78, 5) is 2.65. The molecule has 2 aromatic heterocycles. The number of anilines is 1. The maximum atomic E-state index is 3.94. The molecule has 0 atom stereocenters. The highest BCUT2D eigenvalue weighted by atomic mass is 32.1. The average molecular weight is 208 g/mol. The van der Waals surface area contributed by atoms with E-state index in [1.165, 1.54) is 9.75 Å². The summed E-state index contributed by atoms with van der Waals surface area (Å²) in [5.41, 5.74) is 0. The van der Waals surface area contributed by atoms with Gasteiger partial charge in [-0.05, 0) is 19.1 Å². The predicted molar refractivity (Wildman–Crippen MR) is 57.4 cm³/mol. The van der Waals surface area contributed by atoms with Crippen LogP contribution in [0.25, 0.3) is 0 Å². The van der Waals surface area contributed by atoms with Crippen LogP contribution in [-0.2, 0) is 13.6 Å². The molecule has 0 bridgehead atoms. The lowest BCUT2D eigenvalue weighted by Crippen LogP contribution is -1.97. The lowest BCUT2D eigenvalue weighted by Gasteiger charge is -1.97. The van der Waals surface area contributed by atoms with E-state index in [0.29, 0.717) is 0 Å². The van der Waals surface area contributed by atoms with Crippen molar-refractivity contribution in [2.24, 2.45) is 7.05 Å². The van der Waals surface area contributed by atoms with Crippen LogP contribution in [-0.4, -0.2) is 15.0 Å². The first kappa shape index (κ1) is 9.21. The molecular weight excluding hydrogens is 196 g/mol. The number of aryl methyl sites for hydroxylation is 2. The maximum absolute atomic E-state index is 3.94. The van der Waals surface area contributed by atoms with Crippen molar-refractivity contribution in [1.29, 1.82) is 0 Å². The van der Waals surface area contributed by atoms with E-state index in [1.54, 1.807) is 16.0 Å². The fraction of sp³-hybridized carbons (Fsp3) is 0.333. The topological polar surface area (TPSA) is 42.7 Å². The van der Waals surface area contributed by atoms with Gasteiger partial charge >= 0.3 is 0 Å². The van der Waals surface area contributed by atoms with Crippen molar-refractivity contribution < 1.29 is 0 Å². The van der Waals surface area contributed by atoms with Crippen molar-refractivity contribution in [3.05, 3.63) is 28.1 Å². The van der Waals surface area contributed by atoms with Crippen molar-refractivity contribution >= 4 is 17.2 Å². The Morgan fingerprint density at radius 1 is 1.50 bits per heavy atom. The van der Waals surface area contributed by atoms with Crippen LogP contribution in [0.3, 0.4) is 0 Å². The highest BCUT2D eigenvalue weighted by molar-refractivity contribution is 7.11. The van der Waals surface area contributed by atoms with Gasteiger partial charge in [-0.15, -0.1) is 16.4 Å². The summed E-state index contributed by atoms with van der Waals surface area (Å²) in [5.74, 6) is 0.818. The standard InChI is InChI=1S/C9H12N4S/c1-7-3-4-8(14-7)5-10-9-6-13(2)12-11-9/h3-4,6,10H,5H2,1-2H3. The normalized spacial score (nSPS) is 10.4. The molecule has 1 N–H and O–H groups in total. The Kier molecular flexibility index (Phi) is 2.49. The van der Waals surface area contributed by atoms with Crippen LogP contribution in [0.1, 0.15) is 9.75 Å². The predicted octanol–water partition coefficient (Wildman–Crippen LogP) is 1.80. The third-order valence-electron chi connectivity index (χ3n) is 1.84. The molecular formula is C9H12N4S. The Bertz CT molecular complexity index is 378. The highest BCUT2D eigenvalue weighted by Crippen LogP contribution is 2.15. The zero-order valence-corrected chi connectivity index (χ0v) is 9.01. The molecule has 0 aliphatic rings. The number of nitrogens with one attached hydrogen (secondary N) is 1. The third kappa shape index (κ3) is 2.11. The molecule has 5 heteroatoms. The quantitative estimate of drug-likeness (QED) is 0.836. The number of aromatic nitrogens is 3. The fourth-order valence-electron chi connectivity index (χ4n) is 1.19.